The van der Waals surface area contributed by atoms with E-state index >= 15 is 0 Å². The molecule has 1 heterocycles. The molecule has 0 saturated carbocycles. The minimum Gasteiger partial charge on any atom is -0.460 e. The van der Waals surface area contributed by atoms with E-state index in [4.69, 9.17) is 9.47 Å². The van der Waals surface area contributed by atoms with Crippen molar-refractivity contribution in [3.05, 3.63) is 58.4 Å². The average molecular weight is 416 g/mol. The third-order valence-electron chi connectivity index (χ3n) is 5.28. The fourth-order valence-corrected chi connectivity index (χ4v) is 3.65. The molecular weight excluding hydrogens is 382 g/mol. The SMILES string of the molecule is CCN(CC)C(CNC(=O)c1[nH]c(C)c(C(=O)OCCOC)c1C)c1ccccc1. The first-order valence-electron chi connectivity index (χ1n) is 10.4. The molecule has 2 N–H and O–H groups in total. The third kappa shape index (κ3) is 5.70. The Morgan fingerprint density at radius 2 is 1.77 bits per heavy atom. The molecule has 0 aliphatic carbocycles. The molecule has 2 aromatic rings. The highest BCUT2D eigenvalue weighted by atomic mass is 16.6. The summed E-state index contributed by atoms with van der Waals surface area (Å²) in [4.78, 5) is 30.6. The van der Waals surface area contributed by atoms with E-state index in [9.17, 15) is 9.59 Å². The van der Waals surface area contributed by atoms with Crippen molar-refractivity contribution in [2.75, 3.05) is 40.0 Å². The van der Waals surface area contributed by atoms with Crippen molar-refractivity contribution in [3.8, 4) is 0 Å². The smallest absolute Gasteiger partial charge is 0.340 e. The fourth-order valence-electron chi connectivity index (χ4n) is 3.65. The lowest BCUT2D eigenvalue weighted by Gasteiger charge is -2.30. The Bertz CT molecular complexity index is 828. The van der Waals surface area contributed by atoms with E-state index in [1.54, 1.807) is 21.0 Å². The fraction of sp³-hybridized carbons (Fsp3) is 0.478. The zero-order chi connectivity index (χ0) is 22.1. The Balaban J connectivity index is 2.14. The van der Waals surface area contributed by atoms with Crippen molar-refractivity contribution in [1.29, 1.82) is 0 Å². The Kier molecular flexibility index (Phi) is 9.08. The number of ether oxygens (including phenoxy) is 2. The number of amides is 1. The first kappa shape index (κ1) is 23.6. The molecular formula is C23H33N3O4. The number of esters is 1. The molecule has 0 bridgehead atoms. The molecule has 0 aliphatic rings. The van der Waals surface area contributed by atoms with Crippen molar-refractivity contribution in [3.63, 3.8) is 0 Å². The number of H-pyrrole nitrogens is 1. The van der Waals surface area contributed by atoms with Gasteiger partial charge in [0.1, 0.15) is 12.3 Å². The lowest BCUT2D eigenvalue weighted by Crippen LogP contribution is -2.38. The first-order valence-corrected chi connectivity index (χ1v) is 10.4. The van der Waals surface area contributed by atoms with Crippen molar-refractivity contribution < 1.29 is 19.1 Å². The van der Waals surface area contributed by atoms with Gasteiger partial charge in [-0.3, -0.25) is 9.69 Å². The maximum Gasteiger partial charge on any atom is 0.340 e. The summed E-state index contributed by atoms with van der Waals surface area (Å²) in [5.74, 6) is -0.692. The van der Waals surface area contributed by atoms with E-state index < -0.39 is 5.97 Å². The number of hydrogen-bond acceptors (Lipinski definition) is 5. The minimum absolute atomic E-state index is 0.0694. The lowest BCUT2D eigenvalue weighted by atomic mass is 10.0. The molecule has 0 spiro atoms. The van der Waals surface area contributed by atoms with Crippen LogP contribution >= 0.6 is 0 Å². The molecule has 0 fully saturated rings. The standard InChI is InChI=1S/C23H33N3O4/c1-6-26(7-2)19(18-11-9-8-10-12-18)15-24-22(27)21-16(3)20(17(4)25-21)23(28)30-14-13-29-5/h8-12,19,25H,6-7,13-15H2,1-5H3,(H,24,27). The Hall–Kier alpha value is -2.64. The summed E-state index contributed by atoms with van der Waals surface area (Å²) >= 11 is 0. The molecule has 1 aromatic heterocycles. The van der Waals surface area contributed by atoms with Gasteiger partial charge in [0.2, 0.25) is 0 Å². The third-order valence-corrected chi connectivity index (χ3v) is 5.28. The largest absolute Gasteiger partial charge is 0.460 e. The average Bonchev–Trinajstić information content (AvgIpc) is 3.05. The highest BCUT2D eigenvalue weighted by Crippen LogP contribution is 2.21. The number of rotatable bonds is 11. The van der Waals surface area contributed by atoms with Crippen LogP contribution in [0, 0.1) is 13.8 Å². The molecule has 7 heteroatoms. The second-order valence-electron chi connectivity index (χ2n) is 7.11. The van der Waals surface area contributed by atoms with Gasteiger partial charge in [-0.1, -0.05) is 44.2 Å². The van der Waals surface area contributed by atoms with Gasteiger partial charge >= 0.3 is 5.97 Å². The Morgan fingerprint density at radius 1 is 1.10 bits per heavy atom. The highest BCUT2D eigenvalue weighted by Gasteiger charge is 2.24. The van der Waals surface area contributed by atoms with E-state index in [2.05, 4.69) is 41.2 Å². The molecule has 0 radical (unpaired) electrons. The molecule has 0 aliphatic heterocycles. The number of benzene rings is 1. The van der Waals surface area contributed by atoms with Crippen LogP contribution in [0.3, 0.4) is 0 Å². The Labute approximate surface area is 178 Å². The number of aromatic amines is 1. The van der Waals surface area contributed by atoms with E-state index in [-0.39, 0.29) is 18.6 Å². The number of carbonyl (C=O) groups is 2. The molecule has 1 unspecified atom stereocenters. The van der Waals surface area contributed by atoms with Gasteiger partial charge in [0, 0.05) is 19.3 Å². The number of aryl methyl sites for hydroxylation is 1. The second-order valence-corrected chi connectivity index (χ2v) is 7.11. The lowest BCUT2D eigenvalue weighted by molar-refractivity contribution is 0.0387. The van der Waals surface area contributed by atoms with Gasteiger partial charge in [-0.2, -0.15) is 0 Å². The van der Waals surface area contributed by atoms with Gasteiger partial charge in [0.25, 0.3) is 5.91 Å². The molecule has 2 rings (SSSR count). The normalized spacial score (nSPS) is 12.1. The van der Waals surface area contributed by atoms with Crippen LogP contribution in [-0.4, -0.2) is 61.7 Å². The van der Waals surface area contributed by atoms with Crippen molar-refractivity contribution in [2.45, 2.75) is 33.7 Å². The van der Waals surface area contributed by atoms with Crippen molar-refractivity contribution in [1.82, 2.24) is 15.2 Å². The number of nitrogens with zero attached hydrogens (tertiary/aromatic N) is 1. The summed E-state index contributed by atoms with van der Waals surface area (Å²) in [5, 5.41) is 3.04. The predicted molar refractivity (Wildman–Crippen MR) is 117 cm³/mol. The van der Waals surface area contributed by atoms with Gasteiger partial charge in [0.05, 0.1) is 18.2 Å². The highest BCUT2D eigenvalue weighted by molar-refractivity contribution is 6.00. The number of nitrogens with one attached hydrogen (secondary N) is 2. The van der Waals surface area contributed by atoms with Crippen LogP contribution in [-0.2, 0) is 9.47 Å². The van der Waals surface area contributed by atoms with Gasteiger partial charge in [-0.15, -0.1) is 0 Å². The quantitative estimate of drug-likeness (QED) is 0.435. The van der Waals surface area contributed by atoms with E-state index in [0.717, 1.165) is 18.7 Å². The van der Waals surface area contributed by atoms with Gasteiger partial charge in [0.15, 0.2) is 0 Å². The topological polar surface area (TPSA) is 83.7 Å². The van der Waals surface area contributed by atoms with Crippen LogP contribution in [0.25, 0.3) is 0 Å². The van der Waals surface area contributed by atoms with Gasteiger partial charge in [-0.25, -0.2) is 4.79 Å². The van der Waals surface area contributed by atoms with Crippen molar-refractivity contribution in [2.24, 2.45) is 0 Å². The molecule has 7 nitrogen and oxygen atoms in total. The summed E-state index contributed by atoms with van der Waals surface area (Å²) in [6.07, 6.45) is 0. The zero-order valence-electron chi connectivity index (χ0n) is 18.6. The predicted octanol–water partition coefficient (Wildman–Crippen LogP) is 3.25. The summed E-state index contributed by atoms with van der Waals surface area (Å²) in [7, 11) is 1.55. The number of methoxy groups -OCH3 is 1. The van der Waals surface area contributed by atoms with Crippen LogP contribution in [0.5, 0.6) is 0 Å². The van der Waals surface area contributed by atoms with E-state index in [0.29, 0.717) is 35.7 Å². The summed E-state index contributed by atoms with van der Waals surface area (Å²) in [5.41, 5.74) is 3.15. The monoisotopic (exact) mass is 415 g/mol. The maximum absolute atomic E-state index is 12.9. The van der Waals surface area contributed by atoms with Crippen LogP contribution in [0.2, 0.25) is 0 Å². The van der Waals surface area contributed by atoms with Crippen LogP contribution in [0.4, 0.5) is 0 Å². The Morgan fingerprint density at radius 3 is 2.37 bits per heavy atom. The van der Waals surface area contributed by atoms with E-state index in [1.165, 1.54) is 0 Å². The van der Waals surface area contributed by atoms with Crippen LogP contribution < -0.4 is 5.32 Å². The molecule has 164 valence electrons. The number of aromatic nitrogens is 1. The van der Waals surface area contributed by atoms with Crippen molar-refractivity contribution >= 4 is 11.9 Å². The number of hydrogen-bond donors (Lipinski definition) is 2. The number of carbonyl (C=O) groups excluding carboxylic acids is 2. The van der Waals surface area contributed by atoms with Gasteiger partial charge < -0.3 is 19.8 Å². The zero-order valence-corrected chi connectivity index (χ0v) is 18.6. The van der Waals surface area contributed by atoms with Crippen LogP contribution in [0.1, 0.15) is 57.6 Å². The molecule has 1 atom stereocenters. The minimum atomic E-state index is -0.456. The maximum atomic E-state index is 12.9. The molecule has 0 saturated heterocycles. The summed E-state index contributed by atoms with van der Waals surface area (Å²) in [6, 6.07) is 10.2. The van der Waals surface area contributed by atoms with Crippen LogP contribution in [0.15, 0.2) is 30.3 Å². The molecule has 1 amide bonds. The number of likely N-dealkylation sites (N-methyl/N-ethyl adjacent to an activating group) is 1. The molecule has 1 aromatic carbocycles. The summed E-state index contributed by atoms with van der Waals surface area (Å²) in [6.45, 7) is 10.5. The van der Waals surface area contributed by atoms with Gasteiger partial charge in [-0.05, 0) is 38.1 Å². The van der Waals surface area contributed by atoms with E-state index in [1.807, 2.05) is 18.2 Å². The molecule has 30 heavy (non-hydrogen) atoms. The second kappa shape index (κ2) is 11.5. The summed E-state index contributed by atoms with van der Waals surface area (Å²) < 4.78 is 10.1. The first-order chi connectivity index (χ1) is 14.4.